The zero-order valence-corrected chi connectivity index (χ0v) is 7.99. The zero-order chi connectivity index (χ0) is 9.54. The Labute approximate surface area is 83.4 Å². The van der Waals surface area contributed by atoms with Crippen molar-refractivity contribution in [1.29, 1.82) is 0 Å². The van der Waals surface area contributed by atoms with Gasteiger partial charge in [-0.2, -0.15) is 0 Å². The number of ether oxygens (including phenoxy) is 1. The van der Waals surface area contributed by atoms with Gasteiger partial charge in [0.05, 0.1) is 6.26 Å². The lowest BCUT2D eigenvalue weighted by Crippen LogP contribution is -2.26. The summed E-state index contributed by atoms with van der Waals surface area (Å²) in [6.07, 6.45) is 9.19. The molecule has 1 fully saturated rings. The Morgan fingerprint density at radius 3 is 3.36 bits per heavy atom. The summed E-state index contributed by atoms with van der Waals surface area (Å²) in [4.78, 5) is 0. The van der Waals surface area contributed by atoms with Gasteiger partial charge in [-0.1, -0.05) is 0 Å². The Hall–Kier alpha value is -1.24. The highest BCUT2D eigenvalue weighted by Gasteiger charge is 2.25. The summed E-state index contributed by atoms with van der Waals surface area (Å²) in [5.41, 5.74) is 13.2. The molecule has 72 valence electrons. The van der Waals surface area contributed by atoms with Gasteiger partial charge in [0.1, 0.15) is 6.10 Å². The Morgan fingerprint density at radius 2 is 2.43 bits per heavy atom. The van der Waals surface area contributed by atoms with E-state index in [-0.39, 0.29) is 6.10 Å². The molecule has 2 unspecified atom stereocenters. The van der Waals surface area contributed by atoms with Crippen molar-refractivity contribution in [1.82, 2.24) is 0 Å². The molecule has 0 radical (unpaired) electrons. The lowest BCUT2D eigenvalue weighted by atomic mass is 9.83. The molecular weight excluding hydrogens is 174 g/mol. The maximum absolute atomic E-state index is 5.93. The highest BCUT2D eigenvalue weighted by atomic mass is 16.5. The van der Waals surface area contributed by atoms with Gasteiger partial charge in [0.2, 0.25) is 0 Å². The fourth-order valence-corrected chi connectivity index (χ4v) is 2.27. The van der Waals surface area contributed by atoms with Gasteiger partial charge in [-0.25, -0.2) is 0 Å². The van der Waals surface area contributed by atoms with E-state index in [0.29, 0.717) is 6.04 Å². The minimum absolute atomic E-state index is 0.110. The maximum Gasteiger partial charge on any atom is 0.149 e. The van der Waals surface area contributed by atoms with Crippen molar-refractivity contribution in [3.8, 4) is 0 Å². The lowest BCUT2D eigenvalue weighted by molar-refractivity contribution is 0.237. The number of rotatable bonds is 0. The van der Waals surface area contributed by atoms with Gasteiger partial charge in [0.15, 0.2) is 0 Å². The summed E-state index contributed by atoms with van der Waals surface area (Å²) in [5.74, 6) is 0. The van der Waals surface area contributed by atoms with Gasteiger partial charge < -0.3 is 10.5 Å². The third-order valence-electron chi connectivity index (χ3n) is 3.06. The van der Waals surface area contributed by atoms with Gasteiger partial charge in [0.25, 0.3) is 0 Å². The summed E-state index contributed by atoms with van der Waals surface area (Å²) in [6.45, 7) is 0. The van der Waals surface area contributed by atoms with E-state index in [9.17, 15) is 0 Å². The first-order valence-corrected chi connectivity index (χ1v) is 5.11. The van der Waals surface area contributed by atoms with E-state index in [1.165, 1.54) is 16.7 Å². The molecule has 1 heterocycles. The molecule has 0 aromatic heterocycles. The normalized spacial score (nSPS) is 33.6. The van der Waals surface area contributed by atoms with Crippen LogP contribution in [0.2, 0.25) is 0 Å². The predicted molar refractivity (Wildman–Crippen MR) is 54.5 cm³/mol. The van der Waals surface area contributed by atoms with E-state index >= 15 is 0 Å². The molecule has 2 heteroatoms. The summed E-state index contributed by atoms with van der Waals surface area (Å²) >= 11 is 0. The number of nitrogens with two attached hydrogens (primary N) is 1. The second kappa shape index (κ2) is 2.88. The van der Waals surface area contributed by atoms with Crippen LogP contribution >= 0.6 is 0 Å². The monoisotopic (exact) mass is 187 g/mol. The Kier molecular flexibility index (Phi) is 1.66. The van der Waals surface area contributed by atoms with Crippen LogP contribution in [0.1, 0.15) is 19.3 Å². The maximum atomic E-state index is 5.93. The Balaban J connectivity index is 2.03. The number of fused-ring (bicyclic) bond motifs is 2. The van der Waals surface area contributed by atoms with Gasteiger partial charge >= 0.3 is 0 Å². The largest absolute Gasteiger partial charge is 0.489 e. The molecule has 14 heavy (non-hydrogen) atoms. The minimum atomic E-state index is 0.110. The summed E-state index contributed by atoms with van der Waals surface area (Å²) in [7, 11) is 0. The lowest BCUT2D eigenvalue weighted by Gasteiger charge is -2.25. The molecule has 2 N–H and O–H groups in total. The highest BCUT2D eigenvalue weighted by molar-refractivity contribution is 5.46. The van der Waals surface area contributed by atoms with Gasteiger partial charge in [-0.15, -0.1) is 5.73 Å². The molecular formula is C12H13NO. The van der Waals surface area contributed by atoms with E-state index in [2.05, 4.69) is 11.8 Å². The minimum Gasteiger partial charge on any atom is -0.489 e. The third kappa shape index (κ3) is 1.16. The summed E-state index contributed by atoms with van der Waals surface area (Å²) in [5, 5.41) is 0. The van der Waals surface area contributed by atoms with E-state index in [4.69, 9.17) is 10.5 Å². The van der Waals surface area contributed by atoms with Crippen LogP contribution in [0.5, 0.6) is 0 Å². The predicted octanol–water partition coefficient (Wildman–Crippen LogP) is 1.80. The summed E-state index contributed by atoms with van der Waals surface area (Å²) < 4.78 is 5.43. The molecule has 3 rings (SSSR count). The van der Waals surface area contributed by atoms with Crippen molar-refractivity contribution in [2.75, 3.05) is 0 Å². The van der Waals surface area contributed by atoms with Crippen molar-refractivity contribution >= 4 is 0 Å². The third-order valence-corrected chi connectivity index (χ3v) is 3.06. The van der Waals surface area contributed by atoms with Gasteiger partial charge in [-0.3, -0.25) is 0 Å². The van der Waals surface area contributed by atoms with Crippen molar-refractivity contribution in [3.05, 3.63) is 40.9 Å². The van der Waals surface area contributed by atoms with Crippen molar-refractivity contribution < 1.29 is 4.74 Å². The summed E-state index contributed by atoms with van der Waals surface area (Å²) in [6, 6.07) is 0.322. The average molecular weight is 187 g/mol. The van der Waals surface area contributed by atoms with Crippen LogP contribution < -0.4 is 5.73 Å². The molecule has 1 saturated carbocycles. The second-order valence-electron chi connectivity index (χ2n) is 4.11. The molecule has 2 atom stereocenters. The average Bonchev–Trinajstić information content (AvgIpc) is 2.61. The van der Waals surface area contributed by atoms with E-state index < -0.39 is 0 Å². The number of hydrogen-bond acceptors (Lipinski definition) is 2. The van der Waals surface area contributed by atoms with Crippen LogP contribution in [0.25, 0.3) is 0 Å². The molecule has 0 spiro atoms. The van der Waals surface area contributed by atoms with Crippen molar-refractivity contribution in [3.63, 3.8) is 0 Å². The van der Waals surface area contributed by atoms with Crippen LogP contribution in [0.15, 0.2) is 40.9 Å². The first-order chi connectivity index (χ1) is 6.83. The molecule has 0 amide bonds. The smallest absolute Gasteiger partial charge is 0.149 e. The molecule has 0 saturated heterocycles. The molecule has 2 nitrogen and oxygen atoms in total. The fraction of sp³-hybridized carbons (Fsp3) is 0.417. The van der Waals surface area contributed by atoms with Crippen molar-refractivity contribution in [2.24, 2.45) is 5.73 Å². The van der Waals surface area contributed by atoms with Gasteiger partial charge in [0, 0.05) is 11.6 Å². The molecule has 2 aliphatic carbocycles. The van der Waals surface area contributed by atoms with E-state index in [0.717, 1.165) is 19.3 Å². The van der Waals surface area contributed by atoms with Crippen LogP contribution in [-0.2, 0) is 4.74 Å². The van der Waals surface area contributed by atoms with E-state index in [1.54, 1.807) is 6.26 Å². The van der Waals surface area contributed by atoms with Crippen LogP contribution in [0, 0.1) is 0 Å². The first-order valence-electron chi connectivity index (χ1n) is 5.11. The SMILES string of the molecule is NC1CCC2=C=C3C=COC3C=C2C1. The molecule has 0 bridgehead atoms. The van der Waals surface area contributed by atoms with Crippen molar-refractivity contribution in [2.45, 2.75) is 31.4 Å². The number of hydrogen-bond donors (Lipinski definition) is 1. The molecule has 0 aromatic carbocycles. The van der Waals surface area contributed by atoms with Crippen LogP contribution in [-0.4, -0.2) is 12.1 Å². The highest BCUT2D eigenvalue weighted by Crippen LogP contribution is 2.33. The quantitative estimate of drug-likeness (QED) is 0.587. The molecule has 1 aliphatic heterocycles. The van der Waals surface area contributed by atoms with Gasteiger partial charge in [-0.05, 0) is 42.6 Å². The van der Waals surface area contributed by atoms with E-state index in [1.807, 2.05) is 6.08 Å². The second-order valence-corrected chi connectivity index (χ2v) is 4.11. The Bertz CT molecular complexity index is 397. The molecule has 3 aliphatic rings. The van der Waals surface area contributed by atoms with Crippen LogP contribution in [0.4, 0.5) is 0 Å². The zero-order valence-electron chi connectivity index (χ0n) is 7.99. The fourth-order valence-electron chi connectivity index (χ4n) is 2.27. The first kappa shape index (κ1) is 8.10. The Morgan fingerprint density at radius 1 is 1.50 bits per heavy atom. The standard InChI is InChI=1S/C12H13NO/c13-11-2-1-8-5-9-3-4-14-12(9)7-10(8)6-11/h3-4,7,11-12H,1-2,6,13H2. The van der Waals surface area contributed by atoms with Crippen LogP contribution in [0.3, 0.4) is 0 Å². The molecule has 0 aromatic rings. The topological polar surface area (TPSA) is 35.2 Å².